The Morgan fingerprint density at radius 2 is 2.04 bits per heavy atom. The second-order valence-corrected chi connectivity index (χ2v) is 7.78. The summed E-state index contributed by atoms with van der Waals surface area (Å²) in [6.07, 6.45) is 10.2. The third kappa shape index (κ3) is 2.91. The first-order chi connectivity index (χ1) is 11.1. The highest BCUT2D eigenvalue weighted by molar-refractivity contribution is 5.92. The van der Waals surface area contributed by atoms with E-state index in [4.69, 9.17) is 0 Å². The minimum atomic E-state index is 0.117. The van der Waals surface area contributed by atoms with Gasteiger partial charge in [-0.3, -0.25) is 9.69 Å². The molecule has 2 atom stereocenters. The molecule has 1 amide bonds. The van der Waals surface area contributed by atoms with Crippen LogP contribution in [0, 0.1) is 5.92 Å². The maximum absolute atomic E-state index is 12.8. The van der Waals surface area contributed by atoms with Crippen molar-refractivity contribution in [3.8, 4) is 0 Å². The Kier molecular flexibility index (Phi) is 3.92. The number of nitrogens with zero attached hydrogens (tertiary/aromatic N) is 4. The van der Waals surface area contributed by atoms with Gasteiger partial charge in [-0.25, -0.2) is 4.98 Å². The van der Waals surface area contributed by atoms with Gasteiger partial charge in [0.25, 0.3) is 5.91 Å². The highest BCUT2D eigenvalue weighted by Crippen LogP contribution is 2.38. The summed E-state index contributed by atoms with van der Waals surface area (Å²) in [5.74, 6) is 0.778. The van der Waals surface area contributed by atoms with E-state index in [2.05, 4.69) is 23.7 Å². The fourth-order valence-electron chi connectivity index (χ4n) is 4.38. The summed E-state index contributed by atoms with van der Waals surface area (Å²) in [7, 11) is 0. The van der Waals surface area contributed by atoms with E-state index in [1.54, 1.807) is 6.33 Å². The van der Waals surface area contributed by atoms with Crippen LogP contribution in [-0.2, 0) is 0 Å². The van der Waals surface area contributed by atoms with Crippen LogP contribution in [0.15, 0.2) is 12.5 Å². The smallest absolute Gasteiger partial charge is 0.274 e. The Morgan fingerprint density at radius 1 is 1.22 bits per heavy atom. The molecule has 0 bridgehead atoms. The number of carbonyl (C=O) groups is 1. The van der Waals surface area contributed by atoms with Crippen LogP contribution in [0.4, 0.5) is 0 Å². The van der Waals surface area contributed by atoms with Crippen molar-refractivity contribution in [1.82, 2.24) is 19.4 Å². The van der Waals surface area contributed by atoms with Crippen LogP contribution in [-0.4, -0.2) is 57.0 Å². The first kappa shape index (κ1) is 15.2. The predicted octanol–water partition coefficient (Wildman–Crippen LogP) is 2.55. The standard InChI is InChI=1S/C18H28N4O/c1-13(2)21-11-16(19-12-21)18(23)20-9-7-17-14(10-20)4-3-8-22(17)15-5-6-15/h11-15,17H,3-10H2,1-2H3/t14-,17+/m0/s1. The molecule has 0 spiro atoms. The van der Waals surface area contributed by atoms with Crippen molar-refractivity contribution in [1.29, 1.82) is 0 Å². The van der Waals surface area contributed by atoms with Crippen molar-refractivity contribution in [2.24, 2.45) is 5.92 Å². The molecule has 0 N–H and O–H groups in total. The van der Waals surface area contributed by atoms with Crippen molar-refractivity contribution in [2.75, 3.05) is 19.6 Å². The van der Waals surface area contributed by atoms with E-state index in [1.807, 2.05) is 15.7 Å². The van der Waals surface area contributed by atoms with E-state index in [0.29, 0.717) is 23.7 Å². The molecule has 1 aromatic heterocycles. The number of rotatable bonds is 3. The summed E-state index contributed by atoms with van der Waals surface area (Å²) < 4.78 is 2.01. The number of aromatic nitrogens is 2. The first-order valence-electron chi connectivity index (χ1n) is 9.22. The minimum absolute atomic E-state index is 0.117. The lowest BCUT2D eigenvalue weighted by Gasteiger charge is -2.47. The molecular formula is C18H28N4O. The van der Waals surface area contributed by atoms with Crippen molar-refractivity contribution >= 4 is 5.91 Å². The molecule has 1 saturated carbocycles. The Bertz CT molecular complexity index is 577. The number of amides is 1. The Labute approximate surface area is 138 Å². The monoisotopic (exact) mass is 316 g/mol. The number of piperidine rings is 2. The van der Waals surface area contributed by atoms with E-state index in [9.17, 15) is 4.79 Å². The van der Waals surface area contributed by atoms with Crippen molar-refractivity contribution in [2.45, 2.75) is 64.1 Å². The first-order valence-corrected chi connectivity index (χ1v) is 9.22. The summed E-state index contributed by atoms with van der Waals surface area (Å²) in [6, 6.07) is 1.92. The fraction of sp³-hybridized carbons (Fsp3) is 0.778. The van der Waals surface area contributed by atoms with Crippen LogP contribution in [0.2, 0.25) is 0 Å². The molecule has 126 valence electrons. The average molecular weight is 316 g/mol. The van der Waals surface area contributed by atoms with Gasteiger partial charge in [-0.2, -0.15) is 0 Å². The molecule has 4 rings (SSSR count). The number of carbonyl (C=O) groups excluding carboxylic acids is 1. The van der Waals surface area contributed by atoms with E-state index in [0.717, 1.165) is 25.6 Å². The molecular weight excluding hydrogens is 288 g/mol. The van der Waals surface area contributed by atoms with Crippen LogP contribution >= 0.6 is 0 Å². The third-order valence-corrected chi connectivity index (χ3v) is 5.83. The molecule has 1 aliphatic carbocycles. The topological polar surface area (TPSA) is 41.4 Å². The van der Waals surface area contributed by atoms with Gasteiger partial charge >= 0.3 is 0 Å². The van der Waals surface area contributed by atoms with E-state index in [-0.39, 0.29) is 5.91 Å². The summed E-state index contributed by atoms with van der Waals surface area (Å²) >= 11 is 0. The fourth-order valence-corrected chi connectivity index (χ4v) is 4.38. The summed E-state index contributed by atoms with van der Waals surface area (Å²) in [5, 5.41) is 0. The van der Waals surface area contributed by atoms with Crippen molar-refractivity contribution in [3.05, 3.63) is 18.2 Å². The Morgan fingerprint density at radius 3 is 2.74 bits per heavy atom. The minimum Gasteiger partial charge on any atom is -0.337 e. The molecule has 3 heterocycles. The average Bonchev–Trinajstić information content (AvgIpc) is 3.28. The molecule has 23 heavy (non-hydrogen) atoms. The molecule has 5 heteroatoms. The summed E-state index contributed by atoms with van der Waals surface area (Å²) in [4.78, 5) is 21.9. The molecule has 0 unspecified atom stereocenters. The van der Waals surface area contributed by atoms with Gasteiger partial charge < -0.3 is 9.47 Å². The lowest BCUT2D eigenvalue weighted by atomic mass is 9.83. The van der Waals surface area contributed by atoms with Crippen LogP contribution in [0.1, 0.15) is 62.5 Å². The third-order valence-electron chi connectivity index (χ3n) is 5.83. The number of hydrogen-bond acceptors (Lipinski definition) is 3. The zero-order chi connectivity index (χ0) is 16.0. The normalized spacial score (nSPS) is 28.9. The largest absolute Gasteiger partial charge is 0.337 e. The van der Waals surface area contributed by atoms with Gasteiger partial charge in [0.1, 0.15) is 5.69 Å². The number of hydrogen-bond donors (Lipinski definition) is 0. The zero-order valence-electron chi connectivity index (χ0n) is 14.3. The lowest BCUT2D eigenvalue weighted by Crippen LogP contribution is -2.55. The van der Waals surface area contributed by atoms with E-state index >= 15 is 0 Å². The van der Waals surface area contributed by atoms with Gasteiger partial charge in [0.2, 0.25) is 0 Å². The molecule has 0 radical (unpaired) electrons. The molecule has 0 aromatic carbocycles. The van der Waals surface area contributed by atoms with Gasteiger partial charge in [-0.1, -0.05) is 0 Å². The molecule has 2 aliphatic heterocycles. The van der Waals surface area contributed by atoms with Gasteiger partial charge in [0.15, 0.2) is 0 Å². The molecule has 3 fully saturated rings. The zero-order valence-corrected chi connectivity index (χ0v) is 14.3. The molecule has 3 aliphatic rings. The predicted molar refractivity (Wildman–Crippen MR) is 89.4 cm³/mol. The molecule has 2 saturated heterocycles. The number of likely N-dealkylation sites (tertiary alicyclic amines) is 2. The van der Waals surface area contributed by atoms with Crippen LogP contribution < -0.4 is 0 Å². The van der Waals surface area contributed by atoms with Crippen molar-refractivity contribution < 1.29 is 4.79 Å². The van der Waals surface area contributed by atoms with Gasteiger partial charge in [-0.15, -0.1) is 0 Å². The summed E-state index contributed by atoms with van der Waals surface area (Å²) in [6.45, 7) is 7.30. The van der Waals surface area contributed by atoms with E-state index in [1.165, 1.54) is 32.2 Å². The second kappa shape index (κ2) is 5.93. The maximum Gasteiger partial charge on any atom is 0.274 e. The lowest BCUT2D eigenvalue weighted by molar-refractivity contribution is 0.0172. The molecule has 1 aromatic rings. The SMILES string of the molecule is CC(C)n1cnc(C(=O)N2CC[C@@H]3[C@@H](CCCN3C3CC3)C2)c1. The quantitative estimate of drug-likeness (QED) is 0.860. The van der Waals surface area contributed by atoms with Gasteiger partial charge in [0.05, 0.1) is 6.33 Å². The number of imidazole rings is 1. The molecule has 5 nitrogen and oxygen atoms in total. The highest BCUT2D eigenvalue weighted by Gasteiger charge is 2.42. The second-order valence-electron chi connectivity index (χ2n) is 7.78. The van der Waals surface area contributed by atoms with Gasteiger partial charge in [-0.05, 0) is 58.4 Å². The Hall–Kier alpha value is -1.36. The van der Waals surface area contributed by atoms with Crippen LogP contribution in [0.3, 0.4) is 0 Å². The van der Waals surface area contributed by atoms with Crippen LogP contribution in [0.5, 0.6) is 0 Å². The summed E-state index contributed by atoms with van der Waals surface area (Å²) in [5.41, 5.74) is 0.604. The van der Waals surface area contributed by atoms with Gasteiger partial charge in [0, 0.05) is 37.4 Å². The highest BCUT2D eigenvalue weighted by atomic mass is 16.2. The number of fused-ring (bicyclic) bond motifs is 1. The Balaban J connectivity index is 1.43. The maximum atomic E-state index is 12.8. The van der Waals surface area contributed by atoms with Crippen LogP contribution in [0.25, 0.3) is 0 Å². The van der Waals surface area contributed by atoms with Crippen molar-refractivity contribution in [3.63, 3.8) is 0 Å². The van der Waals surface area contributed by atoms with E-state index < -0.39 is 0 Å².